The molecule has 1 spiro atoms. The Labute approximate surface area is 442 Å². The molecule has 76 heavy (non-hydrogen) atoms. The van der Waals surface area contributed by atoms with Crippen LogP contribution in [0, 0.1) is 0 Å². The van der Waals surface area contributed by atoms with Crippen molar-refractivity contribution < 1.29 is 4.42 Å². The molecular weight excluding hydrogens is 919 g/mol. The first-order valence-corrected chi connectivity index (χ1v) is 26.4. The van der Waals surface area contributed by atoms with Crippen LogP contribution in [0.3, 0.4) is 0 Å². The summed E-state index contributed by atoms with van der Waals surface area (Å²) in [7, 11) is 0. The zero-order valence-corrected chi connectivity index (χ0v) is 41.5. The van der Waals surface area contributed by atoms with Gasteiger partial charge >= 0.3 is 0 Å². The van der Waals surface area contributed by atoms with E-state index in [1.807, 2.05) is 0 Å². The van der Waals surface area contributed by atoms with Crippen molar-refractivity contribution in [2.24, 2.45) is 0 Å². The van der Waals surface area contributed by atoms with Gasteiger partial charge in [-0.15, -0.1) is 0 Å². The summed E-state index contributed by atoms with van der Waals surface area (Å²) in [6.07, 6.45) is 0. The summed E-state index contributed by atoms with van der Waals surface area (Å²) >= 11 is 0. The van der Waals surface area contributed by atoms with Gasteiger partial charge in [0.1, 0.15) is 11.2 Å². The first kappa shape index (κ1) is 42.7. The van der Waals surface area contributed by atoms with Crippen LogP contribution in [0.15, 0.2) is 290 Å². The minimum absolute atomic E-state index is 0.497. The lowest BCUT2D eigenvalue weighted by Gasteiger charge is -2.35. The molecule has 3 aliphatic rings. The Kier molecular flexibility index (Phi) is 9.20. The standard InChI is InChI=1S/C74H47NO/c1-3-20-48(21-4-1)50-24-17-26-52(44-50)73(53-27-18-25-51(45-53)49-22-5-2-6-23-49)63-33-12-9-30-58(63)62-46-54(41-43-67(62)73)75(55-40-42-60-59-31-11-16-39-70(59)76-71(60)47-55)69-38-19-37-68-72(69)61-32-10-15-36-66(61)74(68)64-34-13-7-28-56(64)57-29-8-14-35-65(57)74/h1-47H. The first-order chi connectivity index (χ1) is 37.7. The van der Waals surface area contributed by atoms with E-state index < -0.39 is 10.8 Å². The Morgan fingerprint density at radius 2 is 0.711 bits per heavy atom. The van der Waals surface area contributed by atoms with Gasteiger partial charge in [0.05, 0.1) is 16.5 Å². The Morgan fingerprint density at radius 1 is 0.263 bits per heavy atom. The maximum absolute atomic E-state index is 6.72. The van der Waals surface area contributed by atoms with Crippen molar-refractivity contribution in [3.05, 3.63) is 330 Å². The van der Waals surface area contributed by atoms with E-state index in [0.717, 1.165) is 39.0 Å². The van der Waals surface area contributed by atoms with Gasteiger partial charge in [-0.25, -0.2) is 0 Å². The largest absolute Gasteiger partial charge is 0.456 e. The third kappa shape index (κ3) is 5.87. The Hall–Kier alpha value is -9.76. The Bertz CT molecular complexity index is 4360. The molecule has 0 fully saturated rings. The van der Waals surface area contributed by atoms with Crippen molar-refractivity contribution in [2.75, 3.05) is 4.90 Å². The highest BCUT2D eigenvalue weighted by molar-refractivity contribution is 6.07. The lowest BCUT2D eigenvalue weighted by Crippen LogP contribution is -2.28. The van der Waals surface area contributed by atoms with Crippen LogP contribution in [0.25, 0.3) is 77.6 Å². The smallest absolute Gasteiger partial charge is 0.137 e. The van der Waals surface area contributed by atoms with Gasteiger partial charge in [0.15, 0.2) is 0 Å². The molecule has 2 nitrogen and oxygen atoms in total. The number of hydrogen-bond donors (Lipinski definition) is 0. The fourth-order valence-electron chi connectivity index (χ4n) is 13.9. The number of furan rings is 1. The minimum Gasteiger partial charge on any atom is -0.456 e. The highest BCUT2D eigenvalue weighted by atomic mass is 16.3. The fourth-order valence-corrected chi connectivity index (χ4v) is 13.9. The van der Waals surface area contributed by atoms with Crippen LogP contribution >= 0.6 is 0 Å². The molecule has 12 aromatic carbocycles. The maximum Gasteiger partial charge on any atom is 0.137 e. The van der Waals surface area contributed by atoms with Crippen LogP contribution in [-0.4, -0.2) is 0 Å². The summed E-state index contributed by atoms with van der Waals surface area (Å²) in [5, 5.41) is 2.22. The van der Waals surface area contributed by atoms with E-state index in [0.29, 0.717) is 0 Å². The molecule has 0 N–H and O–H groups in total. The monoisotopic (exact) mass is 965 g/mol. The molecule has 0 saturated heterocycles. The zero-order valence-electron chi connectivity index (χ0n) is 41.5. The Morgan fingerprint density at radius 3 is 1.36 bits per heavy atom. The number of hydrogen-bond acceptors (Lipinski definition) is 2. The molecule has 0 amide bonds. The number of fused-ring (bicyclic) bond motifs is 16. The van der Waals surface area contributed by atoms with E-state index in [9.17, 15) is 0 Å². The van der Waals surface area contributed by atoms with Crippen molar-refractivity contribution >= 4 is 39.0 Å². The molecule has 354 valence electrons. The second-order valence-electron chi connectivity index (χ2n) is 20.6. The van der Waals surface area contributed by atoms with Gasteiger partial charge in [-0.1, -0.05) is 231 Å². The van der Waals surface area contributed by atoms with E-state index in [-0.39, 0.29) is 0 Å². The zero-order chi connectivity index (χ0) is 50.0. The minimum atomic E-state index is -0.652. The molecule has 16 rings (SSSR count). The van der Waals surface area contributed by atoms with Crippen molar-refractivity contribution in [2.45, 2.75) is 10.8 Å². The van der Waals surface area contributed by atoms with E-state index in [1.54, 1.807) is 0 Å². The number of rotatable bonds is 7. The summed E-state index contributed by atoms with van der Waals surface area (Å²) in [5.74, 6) is 0. The van der Waals surface area contributed by atoms with Crippen LogP contribution in [0.1, 0.15) is 44.5 Å². The summed E-state index contributed by atoms with van der Waals surface area (Å²) in [4.78, 5) is 2.50. The van der Waals surface area contributed by atoms with Crippen molar-refractivity contribution in [3.63, 3.8) is 0 Å². The molecule has 1 aromatic heterocycles. The van der Waals surface area contributed by atoms with Gasteiger partial charge in [0.2, 0.25) is 0 Å². The summed E-state index contributed by atoms with van der Waals surface area (Å²) in [6, 6.07) is 106. The van der Waals surface area contributed by atoms with Crippen molar-refractivity contribution in [1.29, 1.82) is 0 Å². The number of para-hydroxylation sites is 1. The molecule has 0 atom stereocenters. The summed E-state index contributed by atoms with van der Waals surface area (Å²) in [6.45, 7) is 0. The highest BCUT2D eigenvalue weighted by Crippen LogP contribution is 2.65. The molecule has 3 aliphatic carbocycles. The topological polar surface area (TPSA) is 16.4 Å². The van der Waals surface area contributed by atoms with Gasteiger partial charge < -0.3 is 9.32 Å². The third-order valence-electron chi connectivity index (χ3n) is 17.0. The molecule has 0 unspecified atom stereocenters. The molecule has 13 aromatic rings. The molecule has 0 radical (unpaired) electrons. The lowest BCUT2D eigenvalue weighted by molar-refractivity contribution is 0.669. The van der Waals surface area contributed by atoms with E-state index in [1.165, 1.54) is 100 Å². The van der Waals surface area contributed by atoms with E-state index in [2.05, 4.69) is 290 Å². The summed E-state index contributed by atoms with van der Waals surface area (Å²) in [5.41, 5.74) is 26.3. The number of nitrogens with zero attached hydrogens (tertiary/aromatic N) is 1. The van der Waals surface area contributed by atoms with Gasteiger partial charge in [-0.2, -0.15) is 0 Å². The van der Waals surface area contributed by atoms with E-state index in [4.69, 9.17) is 4.42 Å². The van der Waals surface area contributed by atoms with Crippen LogP contribution in [0.4, 0.5) is 17.1 Å². The van der Waals surface area contributed by atoms with Gasteiger partial charge in [0, 0.05) is 33.8 Å². The van der Waals surface area contributed by atoms with Crippen LogP contribution < -0.4 is 4.90 Å². The second kappa shape index (κ2) is 16.4. The second-order valence-corrected chi connectivity index (χ2v) is 20.6. The van der Waals surface area contributed by atoms with Gasteiger partial charge in [-0.05, 0) is 143 Å². The molecule has 0 bridgehead atoms. The average Bonchev–Trinajstić information content (AvgIpc) is 4.23. The summed E-state index contributed by atoms with van der Waals surface area (Å²) < 4.78 is 6.72. The highest BCUT2D eigenvalue weighted by Gasteiger charge is 2.53. The van der Waals surface area contributed by atoms with Crippen LogP contribution in [-0.2, 0) is 10.8 Å². The van der Waals surface area contributed by atoms with Gasteiger partial charge in [0.25, 0.3) is 0 Å². The fraction of sp³-hybridized carbons (Fsp3) is 0.0270. The van der Waals surface area contributed by atoms with Crippen molar-refractivity contribution in [1.82, 2.24) is 0 Å². The van der Waals surface area contributed by atoms with E-state index >= 15 is 0 Å². The quantitative estimate of drug-likeness (QED) is 0.158. The average molecular weight is 966 g/mol. The number of anilines is 3. The maximum atomic E-state index is 6.72. The molecular formula is C74H47NO. The van der Waals surface area contributed by atoms with Gasteiger partial charge in [-0.3, -0.25) is 0 Å². The van der Waals surface area contributed by atoms with Crippen molar-refractivity contribution in [3.8, 4) is 55.6 Å². The number of benzene rings is 12. The molecule has 0 aliphatic heterocycles. The molecule has 1 heterocycles. The molecule has 2 heteroatoms. The normalized spacial score (nSPS) is 13.7. The third-order valence-corrected chi connectivity index (χ3v) is 17.0. The predicted octanol–water partition coefficient (Wildman–Crippen LogP) is 19.1. The van der Waals surface area contributed by atoms with Crippen LogP contribution in [0.2, 0.25) is 0 Å². The first-order valence-electron chi connectivity index (χ1n) is 26.4. The Balaban J connectivity index is 0.973. The lowest BCUT2D eigenvalue weighted by atomic mass is 9.67. The predicted molar refractivity (Wildman–Crippen MR) is 313 cm³/mol. The SMILES string of the molecule is c1ccc(-c2cccc(C3(c4cccc(-c5ccccc5)c4)c4ccccc4-c4cc(N(c5ccc6c(c5)oc5ccccc56)c5cccc6c5-c5ccccc5C65c6ccccc6-c6ccccc65)ccc43)c2)cc1. The van der Waals surface area contributed by atoms with Crippen LogP contribution in [0.5, 0.6) is 0 Å². The molecule has 0 saturated carbocycles.